The van der Waals surface area contributed by atoms with E-state index in [2.05, 4.69) is 10.2 Å². The molecule has 0 unspecified atom stereocenters. The number of hydrogen-bond donors (Lipinski definition) is 1. The number of ether oxygens (including phenoxy) is 1. The van der Waals surface area contributed by atoms with E-state index in [0.717, 1.165) is 29.5 Å². The Morgan fingerprint density at radius 2 is 1.47 bits per heavy atom. The number of amides is 2. The molecule has 1 saturated heterocycles. The maximum absolute atomic E-state index is 13.0. The second kappa shape index (κ2) is 10.3. The lowest BCUT2D eigenvalue weighted by Gasteiger charge is -2.36. The van der Waals surface area contributed by atoms with Gasteiger partial charge in [0.2, 0.25) is 0 Å². The molecule has 7 heteroatoms. The van der Waals surface area contributed by atoms with Gasteiger partial charge in [-0.3, -0.25) is 9.59 Å². The minimum absolute atomic E-state index is 0.0218. The van der Waals surface area contributed by atoms with Crippen molar-refractivity contribution in [3.05, 3.63) is 101 Å². The zero-order chi connectivity index (χ0) is 25.1. The van der Waals surface area contributed by atoms with Gasteiger partial charge in [0.05, 0.1) is 12.7 Å². The zero-order valence-corrected chi connectivity index (χ0v) is 20.7. The van der Waals surface area contributed by atoms with E-state index in [4.69, 9.17) is 16.3 Å². The number of fused-ring (bicyclic) bond motifs is 1. The Labute approximate surface area is 215 Å². The zero-order valence-electron chi connectivity index (χ0n) is 19.9. The molecule has 6 nitrogen and oxygen atoms in total. The molecule has 1 N–H and O–H groups in total. The third kappa shape index (κ3) is 4.99. The van der Waals surface area contributed by atoms with Crippen molar-refractivity contribution >= 4 is 45.6 Å². The number of benzene rings is 4. The number of carbonyl (C=O) groups excluding carboxylic acids is 2. The molecule has 1 fully saturated rings. The monoisotopic (exact) mass is 499 g/mol. The van der Waals surface area contributed by atoms with Gasteiger partial charge in [-0.05, 0) is 71.4 Å². The van der Waals surface area contributed by atoms with Crippen LogP contribution in [0.25, 0.3) is 10.8 Å². The van der Waals surface area contributed by atoms with Gasteiger partial charge in [0.1, 0.15) is 5.75 Å². The van der Waals surface area contributed by atoms with Gasteiger partial charge in [0.25, 0.3) is 11.8 Å². The summed E-state index contributed by atoms with van der Waals surface area (Å²) in [4.78, 5) is 29.9. The third-order valence-corrected chi connectivity index (χ3v) is 6.71. The Bertz CT molecular complexity index is 1400. The smallest absolute Gasteiger partial charge is 0.259 e. The highest BCUT2D eigenvalue weighted by atomic mass is 35.5. The van der Waals surface area contributed by atoms with Crippen LogP contribution in [0.15, 0.2) is 84.9 Å². The van der Waals surface area contributed by atoms with E-state index in [1.807, 2.05) is 65.6 Å². The number of nitrogens with zero attached hydrogens (tertiary/aromatic N) is 2. The van der Waals surface area contributed by atoms with Crippen LogP contribution in [-0.2, 0) is 0 Å². The number of methoxy groups -OCH3 is 1. The molecule has 0 aliphatic carbocycles. The van der Waals surface area contributed by atoms with E-state index in [1.54, 1.807) is 31.4 Å². The SMILES string of the molecule is COc1cc2ccccc2cc1C(=O)Nc1ccc(N2CCN(C(=O)c3ccc(Cl)cc3)CC2)cc1. The van der Waals surface area contributed by atoms with Crippen LogP contribution < -0.4 is 15.0 Å². The number of rotatable bonds is 5. The first-order valence-corrected chi connectivity index (χ1v) is 12.2. The van der Waals surface area contributed by atoms with E-state index in [-0.39, 0.29) is 11.8 Å². The summed E-state index contributed by atoms with van der Waals surface area (Å²) in [5.41, 5.74) is 2.89. The van der Waals surface area contributed by atoms with Crippen molar-refractivity contribution in [2.24, 2.45) is 0 Å². The molecule has 1 heterocycles. The first kappa shape index (κ1) is 23.7. The Balaban J connectivity index is 1.22. The molecule has 5 rings (SSSR count). The summed E-state index contributed by atoms with van der Waals surface area (Å²) in [5.74, 6) is 0.335. The first-order valence-electron chi connectivity index (χ1n) is 11.8. The number of nitrogens with one attached hydrogen (secondary N) is 1. The van der Waals surface area contributed by atoms with Gasteiger partial charge in [-0.15, -0.1) is 0 Å². The molecular weight excluding hydrogens is 474 g/mol. The molecule has 0 saturated carbocycles. The minimum atomic E-state index is -0.223. The van der Waals surface area contributed by atoms with Crippen LogP contribution in [0.3, 0.4) is 0 Å². The molecule has 182 valence electrons. The summed E-state index contributed by atoms with van der Waals surface area (Å²) in [5, 5.41) is 5.59. The molecule has 0 radical (unpaired) electrons. The largest absolute Gasteiger partial charge is 0.496 e. The summed E-state index contributed by atoms with van der Waals surface area (Å²) in [6.07, 6.45) is 0. The van der Waals surface area contributed by atoms with Crippen molar-refractivity contribution in [2.45, 2.75) is 0 Å². The molecular formula is C29H26ClN3O3. The standard InChI is InChI=1S/C29H26ClN3O3/c1-36-27-19-22-5-3-2-4-21(22)18-26(27)28(34)31-24-10-12-25(13-11-24)32-14-16-33(17-15-32)29(35)20-6-8-23(30)9-7-20/h2-13,18-19H,14-17H2,1H3,(H,31,34). The van der Waals surface area contributed by atoms with Gasteiger partial charge in [-0.1, -0.05) is 35.9 Å². The molecule has 0 spiro atoms. The van der Waals surface area contributed by atoms with Gasteiger partial charge >= 0.3 is 0 Å². The molecule has 0 atom stereocenters. The minimum Gasteiger partial charge on any atom is -0.496 e. The van der Waals surface area contributed by atoms with E-state index >= 15 is 0 Å². The quantitative estimate of drug-likeness (QED) is 0.381. The predicted octanol–water partition coefficient (Wildman–Crippen LogP) is 5.72. The lowest BCUT2D eigenvalue weighted by molar-refractivity contribution is 0.0746. The van der Waals surface area contributed by atoms with Crippen LogP contribution in [0.4, 0.5) is 11.4 Å². The van der Waals surface area contributed by atoms with E-state index in [1.165, 1.54) is 0 Å². The van der Waals surface area contributed by atoms with E-state index < -0.39 is 0 Å². The van der Waals surface area contributed by atoms with Crippen molar-refractivity contribution < 1.29 is 14.3 Å². The lowest BCUT2D eigenvalue weighted by Crippen LogP contribution is -2.48. The average molecular weight is 500 g/mol. The Kier molecular flexibility index (Phi) is 6.78. The van der Waals surface area contributed by atoms with Crippen LogP contribution in [0.2, 0.25) is 5.02 Å². The average Bonchev–Trinajstić information content (AvgIpc) is 2.93. The summed E-state index contributed by atoms with van der Waals surface area (Å²) in [6, 6.07) is 26.4. The molecule has 4 aromatic carbocycles. The van der Waals surface area contributed by atoms with Crippen LogP contribution in [0.1, 0.15) is 20.7 Å². The van der Waals surface area contributed by atoms with Crippen molar-refractivity contribution in [3.8, 4) is 5.75 Å². The molecule has 1 aliphatic rings. The number of carbonyl (C=O) groups is 2. The summed E-state index contributed by atoms with van der Waals surface area (Å²) >= 11 is 5.93. The fourth-order valence-corrected chi connectivity index (χ4v) is 4.59. The molecule has 0 aromatic heterocycles. The second-order valence-corrected chi connectivity index (χ2v) is 9.12. The van der Waals surface area contributed by atoms with Gasteiger partial charge in [-0.25, -0.2) is 0 Å². The normalized spacial score (nSPS) is 13.5. The van der Waals surface area contributed by atoms with E-state index in [0.29, 0.717) is 40.7 Å². The van der Waals surface area contributed by atoms with Crippen molar-refractivity contribution in [1.82, 2.24) is 4.90 Å². The number of hydrogen-bond acceptors (Lipinski definition) is 4. The van der Waals surface area contributed by atoms with Gasteiger partial charge in [-0.2, -0.15) is 0 Å². The highest BCUT2D eigenvalue weighted by Crippen LogP contribution is 2.27. The fraction of sp³-hybridized carbons (Fsp3) is 0.172. The van der Waals surface area contributed by atoms with Crippen LogP contribution >= 0.6 is 11.6 Å². The fourth-order valence-electron chi connectivity index (χ4n) is 4.46. The van der Waals surface area contributed by atoms with Crippen molar-refractivity contribution in [2.75, 3.05) is 43.5 Å². The highest BCUT2D eigenvalue weighted by Gasteiger charge is 2.22. The number of anilines is 2. The van der Waals surface area contributed by atoms with Gasteiger partial charge < -0.3 is 19.9 Å². The van der Waals surface area contributed by atoms with Gasteiger partial charge in [0.15, 0.2) is 0 Å². The molecule has 0 bridgehead atoms. The maximum Gasteiger partial charge on any atom is 0.259 e. The third-order valence-electron chi connectivity index (χ3n) is 6.46. The summed E-state index contributed by atoms with van der Waals surface area (Å²) < 4.78 is 5.47. The number of halogens is 1. The second-order valence-electron chi connectivity index (χ2n) is 8.69. The topological polar surface area (TPSA) is 61.9 Å². The molecule has 4 aromatic rings. The molecule has 1 aliphatic heterocycles. The Morgan fingerprint density at radius 1 is 0.833 bits per heavy atom. The lowest BCUT2D eigenvalue weighted by atomic mass is 10.1. The van der Waals surface area contributed by atoms with Gasteiger partial charge in [0, 0.05) is 48.1 Å². The Morgan fingerprint density at radius 3 is 2.11 bits per heavy atom. The van der Waals surface area contributed by atoms with Crippen molar-refractivity contribution in [3.63, 3.8) is 0 Å². The molecule has 2 amide bonds. The first-order chi connectivity index (χ1) is 17.5. The molecule has 36 heavy (non-hydrogen) atoms. The van der Waals surface area contributed by atoms with Crippen LogP contribution in [0, 0.1) is 0 Å². The van der Waals surface area contributed by atoms with E-state index in [9.17, 15) is 9.59 Å². The Hall–Kier alpha value is -4.03. The predicted molar refractivity (Wildman–Crippen MR) is 144 cm³/mol. The van der Waals surface area contributed by atoms with Crippen molar-refractivity contribution in [1.29, 1.82) is 0 Å². The summed E-state index contributed by atoms with van der Waals surface area (Å²) in [7, 11) is 1.57. The highest BCUT2D eigenvalue weighted by molar-refractivity contribution is 6.30. The number of piperazine rings is 1. The van der Waals surface area contributed by atoms with Crippen LogP contribution in [0.5, 0.6) is 5.75 Å². The maximum atomic E-state index is 13.0. The summed E-state index contributed by atoms with van der Waals surface area (Å²) in [6.45, 7) is 2.75. The van der Waals surface area contributed by atoms with Crippen LogP contribution in [-0.4, -0.2) is 50.0 Å².